The number of alkyl halides is 2. The Morgan fingerprint density at radius 1 is 0.667 bits per heavy atom. The van der Waals surface area contributed by atoms with Crippen LogP contribution in [-0.4, -0.2) is 0 Å². The van der Waals surface area contributed by atoms with E-state index >= 15 is 4.39 Å². The van der Waals surface area contributed by atoms with E-state index in [4.69, 9.17) is 11.6 Å². The van der Waals surface area contributed by atoms with Crippen LogP contribution in [0.4, 0.5) is 35.1 Å². The predicted octanol–water partition coefficient (Wildman–Crippen LogP) is 10.7. The lowest BCUT2D eigenvalue weighted by Gasteiger charge is -2.20. The molecule has 0 aliphatic rings. The van der Waals surface area contributed by atoms with Gasteiger partial charge in [0.2, 0.25) is 0 Å². The molecule has 0 amide bonds. The number of hydrogen-bond donors (Lipinski definition) is 0. The van der Waals surface area contributed by atoms with E-state index in [0.29, 0.717) is 30.5 Å². The number of halogens is 9. The number of aryl methyl sites for hydroxylation is 1. The molecule has 0 aliphatic heterocycles. The molecule has 0 N–H and O–H groups in total. The third-order valence-corrected chi connectivity index (χ3v) is 7.02. The van der Waals surface area contributed by atoms with Crippen molar-refractivity contribution in [2.75, 3.05) is 0 Å². The maximum absolute atomic E-state index is 15.1. The first kappa shape index (κ1) is 29.4. The molecule has 10 heteroatoms. The third kappa shape index (κ3) is 5.41. The zero-order valence-corrected chi connectivity index (χ0v) is 22.4. The van der Waals surface area contributed by atoms with E-state index in [0.717, 1.165) is 18.2 Å². The normalized spacial score (nSPS) is 11.8. The minimum Gasteiger partial charge on any atom is -0.429 e. The van der Waals surface area contributed by atoms with Gasteiger partial charge in [0.05, 0.1) is 10.4 Å². The Bertz CT molecular complexity index is 1800. The van der Waals surface area contributed by atoms with Crippen molar-refractivity contribution in [1.29, 1.82) is 0 Å². The van der Waals surface area contributed by atoms with Crippen LogP contribution in [0.5, 0.6) is 5.75 Å². The monoisotopic (exact) mass is 606 g/mol. The minimum absolute atomic E-state index is 0.0760. The smallest absolute Gasteiger partial charge is 0.429 e. The second kappa shape index (κ2) is 11.3. The van der Waals surface area contributed by atoms with Crippen LogP contribution in [0.15, 0.2) is 72.8 Å². The second-order valence-electron chi connectivity index (χ2n) is 9.53. The van der Waals surface area contributed by atoms with Crippen LogP contribution >= 0.6 is 11.6 Å². The van der Waals surface area contributed by atoms with E-state index in [2.05, 4.69) is 4.74 Å². The summed E-state index contributed by atoms with van der Waals surface area (Å²) in [7, 11) is 0. The van der Waals surface area contributed by atoms with Gasteiger partial charge in [-0.2, -0.15) is 8.78 Å². The lowest BCUT2D eigenvalue weighted by molar-refractivity contribution is -0.187. The van der Waals surface area contributed by atoms with Crippen molar-refractivity contribution in [2.45, 2.75) is 25.9 Å². The fourth-order valence-corrected chi connectivity index (χ4v) is 5.01. The van der Waals surface area contributed by atoms with E-state index in [9.17, 15) is 30.7 Å². The zero-order chi connectivity index (χ0) is 30.3. The van der Waals surface area contributed by atoms with Gasteiger partial charge in [-0.25, -0.2) is 26.3 Å². The van der Waals surface area contributed by atoms with Crippen LogP contribution in [0, 0.1) is 34.9 Å². The van der Waals surface area contributed by atoms with Gasteiger partial charge in [0.25, 0.3) is 0 Å². The summed E-state index contributed by atoms with van der Waals surface area (Å²) in [4.78, 5) is 0. The highest BCUT2D eigenvalue weighted by Crippen LogP contribution is 2.40. The van der Waals surface area contributed by atoms with Gasteiger partial charge in [-0.3, -0.25) is 0 Å². The summed E-state index contributed by atoms with van der Waals surface area (Å²) in [6.07, 6.45) is -3.35. The standard InChI is InChI=1S/C32H19ClF8O/c1-2-3-18-8-9-19-12-22(30(38)31(39)27(19)29(18)37)17-6-4-16(5-7-17)20-13-23(33)28(26(36)14-20)32(40,41)42-21-10-11-24(34)25(35)15-21/h4-15H,2-3H2,1H3. The van der Waals surface area contributed by atoms with Crippen LogP contribution in [0.1, 0.15) is 24.5 Å². The summed E-state index contributed by atoms with van der Waals surface area (Å²) in [5, 5.41) is -0.982. The average molecular weight is 607 g/mol. The van der Waals surface area contributed by atoms with Gasteiger partial charge in [0, 0.05) is 11.6 Å². The molecule has 0 aromatic heterocycles. The topological polar surface area (TPSA) is 9.23 Å². The molecule has 0 fully saturated rings. The van der Waals surface area contributed by atoms with E-state index in [1.807, 2.05) is 6.92 Å². The van der Waals surface area contributed by atoms with Crippen molar-refractivity contribution in [3.8, 4) is 28.0 Å². The molecule has 0 unspecified atom stereocenters. The number of fused-ring (bicyclic) bond motifs is 1. The Balaban J connectivity index is 1.46. The van der Waals surface area contributed by atoms with Gasteiger partial charge in [-0.1, -0.05) is 61.3 Å². The molecule has 5 aromatic carbocycles. The maximum atomic E-state index is 15.1. The molecule has 0 spiro atoms. The summed E-state index contributed by atoms with van der Waals surface area (Å²) in [5.74, 6) is -8.29. The lowest BCUT2D eigenvalue weighted by atomic mass is 9.95. The van der Waals surface area contributed by atoms with Crippen molar-refractivity contribution < 1.29 is 39.9 Å². The molecule has 0 atom stereocenters. The Kier molecular flexibility index (Phi) is 7.90. The predicted molar refractivity (Wildman–Crippen MR) is 145 cm³/mol. The zero-order valence-electron chi connectivity index (χ0n) is 21.7. The maximum Gasteiger partial charge on any atom is 0.431 e. The van der Waals surface area contributed by atoms with Crippen LogP contribution in [0.2, 0.25) is 5.02 Å². The molecular weight excluding hydrogens is 588 g/mol. The Hall–Kier alpha value is -4.11. The van der Waals surface area contributed by atoms with Crippen molar-refractivity contribution in [3.05, 3.63) is 124 Å². The molecule has 0 bridgehead atoms. The number of benzene rings is 5. The van der Waals surface area contributed by atoms with E-state index < -0.39 is 62.7 Å². The SMILES string of the molecule is CCCc1ccc2cc(-c3ccc(-c4cc(F)c(C(F)(F)Oc5ccc(F)c(F)c5)c(Cl)c4)cc3)c(F)c(F)c2c1F. The third-order valence-electron chi connectivity index (χ3n) is 6.72. The Labute approximate surface area is 239 Å². The second-order valence-corrected chi connectivity index (χ2v) is 9.93. The molecule has 0 radical (unpaired) electrons. The van der Waals surface area contributed by atoms with E-state index in [1.165, 1.54) is 42.5 Å². The quantitative estimate of drug-likeness (QED) is 0.167. The van der Waals surface area contributed by atoms with Gasteiger partial charge < -0.3 is 4.74 Å². The molecule has 1 nitrogen and oxygen atoms in total. The molecular formula is C32H19ClF8O. The highest BCUT2D eigenvalue weighted by Gasteiger charge is 2.40. The first-order chi connectivity index (χ1) is 19.9. The van der Waals surface area contributed by atoms with Crippen LogP contribution in [-0.2, 0) is 12.5 Å². The number of hydrogen-bond acceptors (Lipinski definition) is 1. The van der Waals surface area contributed by atoms with Crippen molar-refractivity contribution in [2.24, 2.45) is 0 Å². The number of ether oxygens (including phenoxy) is 1. The molecule has 5 rings (SSSR count). The van der Waals surface area contributed by atoms with Gasteiger partial charge >= 0.3 is 6.11 Å². The molecule has 0 aliphatic carbocycles. The summed E-state index contributed by atoms with van der Waals surface area (Å²) in [5.41, 5.74) is -0.573. The fourth-order valence-electron chi connectivity index (χ4n) is 4.70. The lowest BCUT2D eigenvalue weighted by Crippen LogP contribution is -2.24. The average Bonchev–Trinajstić information content (AvgIpc) is 2.93. The summed E-state index contributed by atoms with van der Waals surface area (Å²) in [6, 6.07) is 13.5. The van der Waals surface area contributed by atoms with Crippen LogP contribution in [0.25, 0.3) is 33.0 Å². The Morgan fingerprint density at radius 3 is 2.00 bits per heavy atom. The van der Waals surface area contributed by atoms with Gasteiger partial charge in [-0.15, -0.1) is 0 Å². The highest BCUT2D eigenvalue weighted by atomic mass is 35.5. The minimum atomic E-state index is -4.34. The van der Waals surface area contributed by atoms with Gasteiger partial charge in [0.15, 0.2) is 23.3 Å². The molecule has 0 heterocycles. The molecule has 42 heavy (non-hydrogen) atoms. The summed E-state index contributed by atoms with van der Waals surface area (Å²) >= 11 is 6.00. The largest absolute Gasteiger partial charge is 0.431 e. The van der Waals surface area contributed by atoms with Crippen LogP contribution in [0.3, 0.4) is 0 Å². The summed E-state index contributed by atoms with van der Waals surface area (Å²) in [6.45, 7) is 1.84. The molecule has 5 aromatic rings. The van der Waals surface area contributed by atoms with Gasteiger partial charge in [-0.05, 0) is 64.4 Å². The first-order valence-corrected chi connectivity index (χ1v) is 13.0. The van der Waals surface area contributed by atoms with E-state index in [1.54, 1.807) is 0 Å². The number of rotatable bonds is 7. The highest BCUT2D eigenvalue weighted by molar-refractivity contribution is 6.31. The molecule has 216 valence electrons. The van der Waals surface area contributed by atoms with Crippen LogP contribution < -0.4 is 4.74 Å². The van der Waals surface area contributed by atoms with Crippen molar-refractivity contribution >= 4 is 22.4 Å². The first-order valence-electron chi connectivity index (χ1n) is 12.6. The van der Waals surface area contributed by atoms with Gasteiger partial charge in [0.1, 0.15) is 22.9 Å². The van der Waals surface area contributed by atoms with Crippen molar-refractivity contribution in [3.63, 3.8) is 0 Å². The molecule has 0 saturated heterocycles. The summed E-state index contributed by atoms with van der Waals surface area (Å²) < 4.78 is 120. The molecule has 0 saturated carbocycles. The van der Waals surface area contributed by atoms with Crippen molar-refractivity contribution in [1.82, 2.24) is 0 Å². The van der Waals surface area contributed by atoms with E-state index in [-0.39, 0.29) is 27.6 Å². The fraction of sp³-hybridized carbons (Fsp3) is 0.125. The Morgan fingerprint density at radius 2 is 1.36 bits per heavy atom.